The van der Waals surface area contributed by atoms with Crippen LogP contribution in [0.2, 0.25) is 0 Å². The number of hydrogen-bond donors (Lipinski definition) is 3. The Morgan fingerprint density at radius 3 is 2.73 bits per heavy atom. The highest BCUT2D eigenvalue weighted by Gasteiger charge is 2.28. The van der Waals surface area contributed by atoms with Crippen LogP contribution in [0.3, 0.4) is 0 Å². The summed E-state index contributed by atoms with van der Waals surface area (Å²) in [7, 11) is -1.27. The van der Waals surface area contributed by atoms with E-state index in [1.165, 1.54) is 0 Å². The minimum atomic E-state index is -2.93. The van der Waals surface area contributed by atoms with Gasteiger partial charge in [0.1, 0.15) is 0 Å². The van der Waals surface area contributed by atoms with E-state index in [0.717, 1.165) is 11.3 Å². The zero-order chi connectivity index (χ0) is 19.2. The van der Waals surface area contributed by atoms with E-state index in [2.05, 4.69) is 20.9 Å². The molecule has 0 aliphatic carbocycles. The van der Waals surface area contributed by atoms with Crippen LogP contribution in [0.4, 0.5) is 5.69 Å². The van der Waals surface area contributed by atoms with Gasteiger partial charge in [-0.1, -0.05) is 26.0 Å². The second-order valence-electron chi connectivity index (χ2n) is 7.02. The molecule has 1 aliphatic heterocycles. The number of aliphatic imine (C=N–C) groups is 1. The second-order valence-corrected chi connectivity index (χ2v) is 9.25. The van der Waals surface area contributed by atoms with E-state index >= 15 is 0 Å². The fourth-order valence-corrected chi connectivity index (χ4v) is 4.50. The van der Waals surface area contributed by atoms with E-state index < -0.39 is 9.84 Å². The van der Waals surface area contributed by atoms with Crippen molar-refractivity contribution in [2.24, 2.45) is 10.9 Å². The summed E-state index contributed by atoms with van der Waals surface area (Å²) >= 11 is 0. The molecule has 1 heterocycles. The Labute approximate surface area is 155 Å². The highest BCUT2D eigenvalue weighted by atomic mass is 32.2. The van der Waals surface area contributed by atoms with Gasteiger partial charge in [-0.25, -0.2) is 8.42 Å². The summed E-state index contributed by atoms with van der Waals surface area (Å²) in [6.45, 7) is 4.54. The fourth-order valence-electron chi connectivity index (χ4n) is 2.82. The Hall–Kier alpha value is -2.09. The maximum absolute atomic E-state index is 11.9. The van der Waals surface area contributed by atoms with Crippen LogP contribution in [0.1, 0.15) is 32.3 Å². The molecule has 144 valence electrons. The number of nitrogens with one attached hydrogen (secondary N) is 3. The van der Waals surface area contributed by atoms with Gasteiger partial charge in [0.05, 0.1) is 11.5 Å². The SMILES string of the molecule is CN=C(NCc1cccc(NC(=O)CC(C)C)c1)NC1CCS(=O)(=O)C1. The molecule has 8 heteroatoms. The van der Waals surface area contributed by atoms with Crippen molar-refractivity contribution in [3.8, 4) is 0 Å². The molecule has 1 aromatic carbocycles. The summed E-state index contributed by atoms with van der Waals surface area (Å²) in [5, 5.41) is 9.24. The van der Waals surface area contributed by atoms with Crippen molar-refractivity contribution >= 4 is 27.4 Å². The Kier molecular flexibility index (Phi) is 7.02. The van der Waals surface area contributed by atoms with E-state index in [-0.39, 0.29) is 23.5 Å². The van der Waals surface area contributed by atoms with E-state index in [4.69, 9.17) is 0 Å². The Morgan fingerprint density at radius 1 is 1.35 bits per heavy atom. The molecular weight excluding hydrogens is 352 g/mol. The number of hydrogen-bond acceptors (Lipinski definition) is 4. The van der Waals surface area contributed by atoms with Gasteiger partial charge in [-0.15, -0.1) is 0 Å². The third-order valence-corrected chi connectivity index (χ3v) is 5.83. The average molecular weight is 381 g/mol. The van der Waals surface area contributed by atoms with Gasteiger partial charge >= 0.3 is 0 Å². The maximum atomic E-state index is 11.9. The number of amides is 1. The van der Waals surface area contributed by atoms with E-state index in [0.29, 0.717) is 31.3 Å². The number of benzene rings is 1. The van der Waals surface area contributed by atoms with Crippen molar-refractivity contribution < 1.29 is 13.2 Å². The molecule has 0 radical (unpaired) electrons. The van der Waals surface area contributed by atoms with Crippen LogP contribution in [0.15, 0.2) is 29.3 Å². The van der Waals surface area contributed by atoms with Crippen LogP contribution in [0, 0.1) is 5.92 Å². The van der Waals surface area contributed by atoms with Crippen molar-refractivity contribution in [2.45, 2.75) is 39.3 Å². The first-order valence-corrected chi connectivity index (χ1v) is 10.7. The van der Waals surface area contributed by atoms with Crippen LogP contribution in [0.25, 0.3) is 0 Å². The van der Waals surface area contributed by atoms with Crippen LogP contribution in [0.5, 0.6) is 0 Å². The third kappa shape index (κ3) is 6.67. The number of nitrogens with zero attached hydrogens (tertiary/aromatic N) is 1. The highest BCUT2D eigenvalue weighted by molar-refractivity contribution is 7.91. The normalized spacial score (nSPS) is 19.4. The molecule has 0 saturated carbocycles. The molecule has 1 amide bonds. The molecule has 1 saturated heterocycles. The van der Waals surface area contributed by atoms with Crippen molar-refractivity contribution in [1.82, 2.24) is 10.6 Å². The van der Waals surface area contributed by atoms with Gasteiger partial charge in [0.15, 0.2) is 15.8 Å². The summed E-state index contributed by atoms with van der Waals surface area (Å²) in [4.78, 5) is 16.0. The van der Waals surface area contributed by atoms with Gasteiger partial charge < -0.3 is 16.0 Å². The van der Waals surface area contributed by atoms with Crippen molar-refractivity contribution in [1.29, 1.82) is 0 Å². The lowest BCUT2D eigenvalue weighted by Crippen LogP contribution is -2.43. The van der Waals surface area contributed by atoms with Crippen LogP contribution in [-0.2, 0) is 21.2 Å². The molecule has 1 aliphatic rings. The summed E-state index contributed by atoms with van der Waals surface area (Å²) in [5.74, 6) is 1.25. The Bertz CT molecular complexity index is 759. The monoisotopic (exact) mass is 380 g/mol. The predicted octanol–water partition coefficient (Wildman–Crippen LogP) is 1.52. The van der Waals surface area contributed by atoms with Gasteiger partial charge in [0, 0.05) is 31.7 Å². The summed E-state index contributed by atoms with van der Waals surface area (Å²) < 4.78 is 23.1. The predicted molar refractivity (Wildman–Crippen MR) is 105 cm³/mol. The highest BCUT2D eigenvalue weighted by Crippen LogP contribution is 2.13. The van der Waals surface area contributed by atoms with Crippen molar-refractivity contribution in [3.63, 3.8) is 0 Å². The Balaban J connectivity index is 1.88. The smallest absolute Gasteiger partial charge is 0.224 e. The van der Waals surface area contributed by atoms with E-state index in [1.54, 1.807) is 7.05 Å². The average Bonchev–Trinajstić information content (AvgIpc) is 2.89. The zero-order valence-electron chi connectivity index (χ0n) is 15.6. The largest absolute Gasteiger partial charge is 0.353 e. The Morgan fingerprint density at radius 2 is 2.12 bits per heavy atom. The standard InChI is InChI=1S/C18H28N4O3S/c1-13(2)9-17(23)21-15-6-4-5-14(10-15)11-20-18(19-3)22-16-7-8-26(24,25)12-16/h4-6,10,13,16H,7-9,11-12H2,1-3H3,(H,21,23)(H2,19,20,22). The number of anilines is 1. The topological polar surface area (TPSA) is 99.7 Å². The number of guanidine groups is 1. The molecule has 0 aromatic heterocycles. The summed E-state index contributed by atoms with van der Waals surface area (Å²) in [6, 6.07) is 7.52. The molecule has 7 nitrogen and oxygen atoms in total. The van der Waals surface area contributed by atoms with Crippen LogP contribution < -0.4 is 16.0 Å². The molecule has 1 aromatic rings. The summed E-state index contributed by atoms with van der Waals surface area (Å²) in [6.07, 6.45) is 1.09. The maximum Gasteiger partial charge on any atom is 0.224 e. The van der Waals surface area contributed by atoms with Gasteiger partial charge in [0.2, 0.25) is 5.91 Å². The molecule has 1 atom stereocenters. The number of rotatable bonds is 6. The van der Waals surface area contributed by atoms with Gasteiger partial charge in [-0.3, -0.25) is 9.79 Å². The molecule has 0 spiro atoms. The lowest BCUT2D eigenvalue weighted by Gasteiger charge is -2.16. The van der Waals surface area contributed by atoms with Gasteiger partial charge in [-0.05, 0) is 30.0 Å². The lowest BCUT2D eigenvalue weighted by molar-refractivity contribution is -0.116. The number of carbonyl (C=O) groups excluding carboxylic acids is 1. The quantitative estimate of drug-likeness (QED) is 0.513. The number of sulfone groups is 1. The molecule has 1 unspecified atom stereocenters. The molecule has 3 N–H and O–H groups in total. The minimum Gasteiger partial charge on any atom is -0.353 e. The number of carbonyl (C=O) groups is 1. The fraction of sp³-hybridized carbons (Fsp3) is 0.556. The van der Waals surface area contributed by atoms with E-state index in [9.17, 15) is 13.2 Å². The van der Waals surface area contributed by atoms with Crippen LogP contribution in [-0.4, -0.2) is 44.9 Å². The zero-order valence-corrected chi connectivity index (χ0v) is 16.4. The first kappa shape index (κ1) is 20.2. The molecular formula is C18H28N4O3S. The van der Waals surface area contributed by atoms with Gasteiger partial charge in [0.25, 0.3) is 0 Å². The second kappa shape index (κ2) is 9.02. The lowest BCUT2D eigenvalue weighted by atomic mass is 10.1. The van der Waals surface area contributed by atoms with Crippen molar-refractivity contribution in [3.05, 3.63) is 29.8 Å². The van der Waals surface area contributed by atoms with Gasteiger partial charge in [-0.2, -0.15) is 0 Å². The molecule has 1 fully saturated rings. The molecule has 2 rings (SSSR count). The summed E-state index contributed by atoms with van der Waals surface area (Å²) in [5.41, 5.74) is 1.76. The minimum absolute atomic E-state index is 0.00466. The van der Waals surface area contributed by atoms with Crippen molar-refractivity contribution in [2.75, 3.05) is 23.9 Å². The first-order chi connectivity index (χ1) is 12.3. The molecule has 26 heavy (non-hydrogen) atoms. The third-order valence-electron chi connectivity index (χ3n) is 4.06. The first-order valence-electron chi connectivity index (χ1n) is 8.84. The molecule has 0 bridgehead atoms. The van der Waals surface area contributed by atoms with E-state index in [1.807, 2.05) is 38.1 Å². The van der Waals surface area contributed by atoms with Crippen LogP contribution >= 0.6 is 0 Å².